The summed E-state index contributed by atoms with van der Waals surface area (Å²) in [6.07, 6.45) is 6.39. The zero-order chi connectivity index (χ0) is 38.2. The molecule has 2 bridgehead atoms. The van der Waals surface area contributed by atoms with Gasteiger partial charge < -0.3 is 29.1 Å². The Morgan fingerprint density at radius 3 is 2.02 bits per heavy atom. The standard InChI is InChI=1S/C38H61FN6O5Si2/c1-37(2,3)50-36(46)44-28-12-13-29(44)19-26(18-28)32-21-33(43(24-48-14-16-51(6,7)8)25-49-15-17-52(9,10)11)45-35(42-32)30(23-41-45)27-20-31(39)34(40-22-27)38(4,5)47/h20-23,26,28-29,47H,12-19,24-25H2,1-11H3/t26-,28-,29+. The zero-order valence-electron chi connectivity index (χ0n) is 33.3. The maximum Gasteiger partial charge on any atom is 0.410 e. The van der Waals surface area contributed by atoms with Crippen molar-refractivity contribution < 1.29 is 28.5 Å². The highest BCUT2D eigenvalue weighted by atomic mass is 28.3. The predicted octanol–water partition coefficient (Wildman–Crippen LogP) is 8.23. The van der Waals surface area contributed by atoms with Crippen molar-refractivity contribution in [2.75, 3.05) is 31.6 Å². The number of aromatic nitrogens is 4. The third-order valence-electron chi connectivity index (χ3n) is 9.77. The maximum absolute atomic E-state index is 15.4. The largest absolute Gasteiger partial charge is 0.444 e. The minimum Gasteiger partial charge on any atom is -0.444 e. The van der Waals surface area contributed by atoms with Crippen LogP contribution in [0, 0.1) is 5.82 Å². The second kappa shape index (κ2) is 15.4. The van der Waals surface area contributed by atoms with Crippen LogP contribution < -0.4 is 4.90 Å². The summed E-state index contributed by atoms with van der Waals surface area (Å²) < 4.78 is 35.6. The summed E-state index contributed by atoms with van der Waals surface area (Å²) in [6, 6.07) is 5.68. The number of carbonyl (C=O) groups excluding carboxylic acids is 1. The van der Waals surface area contributed by atoms with Crippen molar-refractivity contribution in [1.82, 2.24) is 24.5 Å². The first kappa shape index (κ1) is 40.3. The quantitative estimate of drug-likeness (QED) is 0.0987. The summed E-state index contributed by atoms with van der Waals surface area (Å²) in [7, 11) is -2.62. The lowest BCUT2D eigenvalue weighted by Gasteiger charge is -2.39. The maximum atomic E-state index is 15.4. The van der Waals surface area contributed by atoms with Crippen molar-refractivity contribution >= 4 is 33.7 Å². The average Bonchev–Trinajstić information content (AvgIpc) is 3.55. The number of pyridine rings is 1. The molecule has 5 rings (SSSR count). The molecule has 2 aliphatic heterocycles. The molecule has 0 spiro atoms. The van der Waals surface area contributed by atoms with Crippen LogP contribution in [0.1, 0.15) is 77.6 Å². The molecule has 2 fully saturated rings. The number of anilines is 1. The number of carbonyl (C=O) groups is 1. The third-order valence-corrected chi connectivity index (χ3v) is 13.2. The molecule has 0 aliphatic carbocycles. The minimum atomic E-state index is -1.43. The molecule has 0 unspecified atom stereocenters. The van der Waals surface area contributed by atoms with Gasteiger partial charge in [0.1, 0.15) is 42.0 Å². The normalized spacial score (nSPS) is 19.8. The van der Waals surface area contributed by atoms with E-state index in [1.54, 1.807) is 16.9 Å². The monoisotopic (exact) mass is 756 g/mol. The van der Waals surface area contributed by atoms with Crippen LogP contribution in [-0.4, -0.2) is 96.2 Å². The van der Waals surface area contributed by atoms with Gasteiger partial charge in [-0.2, -0.15) is 9.61 Å². The van der Waals surface area contributed by atoms with E-state index >= 15 is 4.39 Å². The number of ether oxygens (including phenoxy) is 3. The van der Waals surface area contributed by atoms with Crippen molar-refractivity contribution in [3.8, 4) is 11.1 Å². The van der Waals surface area contributed by atoms with E-state index in [0.717, 1.165) is 49.3 Å². The number of amides is 1. The van der Waals surface area contributed by atoms with Crippen molar-refractivity contribution in [2.45, 2.75) is 141 Å². The van der Waals surface area contributed by atoms with E-state index < -0.39 is 33.2 Å². The van der Waals surface area contributed by atoms with Gasteiger partial charge in [0.25, 0.3) is 0 Å². The van der Waals surface area contributed by atoms with Crippen LogP contribution in [0.2, 0.25) is 51.4 Å². The Morgan fingerprint density at radius 2 is 1.52 bits per heavy atom. The van der Waals surface area contributed by atoms with Crippen molar-refractivity contribution in [2.24, 2.45) is 0 Å². The van der Waals surface area contributed by atoms with E-state index in [-0.39, 0.29) is 29.8 Å². The van der Waals surface area contributed by atoms with Gasteiger partial charge in [0.05, 0.1) is 6.20 Å². The van der Waals surface area contributed by atoms with Gasteiger partial charge in [-0.05, 0) is 78.5 Å². The molecule has 14 heteroatoms. The second-order valence-corrected chi connectivity index (χ2v) is 29.9. The SMILES string of the molecule is CC(C)(C)OC(=O)N1[C@@H]2CC[C@H]1C[C@H](c1cc(N(COCC[Si](C)(C)C)COCC[Si](C)(C)C)n3ncc(-c4cnc(C(C)(C)O)c(F)c4)c3n1)C2. The van der Waals surface area contributed by atoms with Crippen LogP contribution in [0.3, 0.4) is 0 Å². The smallest absolute Gasteiger partial charge is 0.410 e. The van der Waals surface area contributed by atoms with Gasteiger partial charge in [0.2, 0.25) is 0 Å². The highest BCUT2D eigenvalue weighted by Crippen LogP contribution is 2.44. The summed E-state index contributed by atoms with van der Waals surface area (Å²) in [5, 5.41) is 15.3. The lowest BCUT2D eigenvalue weighted by atomic mass is 9.88. The Labute approximate surface area is 311 Å². The van der Waals surface area contributed by atoms with E-state index in [1.807, 2.05) is 25.7 Å². The lowest BCUT2D eigenvalue weighted by Crippen LogP contribution is -2.48. The molecule has 0 radical (unpaired) electrons. The number of piperidine rings is 1. The number of nitrogens with zero attached hydrogens (tertiary/aromatic N) is 6. The second-order valence-electron chi connectivity index (χ2n) is 18.6. The van der Waals surface area contributed by atoms with Crippen molar-refractivity contribution in [1.29, 1.82) is 0 Å². The number of rotatable bonds is 14. The Hall–Kier alpha value is -2.92. The Morgan fingerprint density at radius 1 is 0.942 bits per heavy atom. The van der Waals surface area contributed by atoms with E-state index in [1.165, 1.54) is 19.9 Å². The molecule has 5 heterocycles. The fraction of sp³-hybridized carbons (Fsp3) is 0.684. The molecule has 11 nitrogen and oxygen atoms in total. The summed E-state index contributed by atoms with van der Waals surface area (Å²) >= 11 is 0. The van der Waals surface area contributed by atoms with Crippen LogP contribution >= 0.6 is 0 Å². The summed E-state index contributed by atoms with van der Waals surface area (Å²) in [5.41, 5.74) is 0.588. The third kappa shape index (κ3) is 10.2. The summed E-state index contributed by atoms with van der Waals surface area (Å²) in [6.45, 7) is 24.7. The topological polar surface area (TPSA) is 115 Å². The highest BCUT2D eigenvalue weighted by Gasteiger charge is 2.45. The molecule has 3 atom stereocenters. The van der Waals surface area contributed by atoms with E-state index in [4.69, 9.17) is 24.3 Å². The first-order valence-corrected chi connectivity index (χ1v) is 26.2. The van der Waals surface area contributed by atoms with Gasteiger partial charge in [-0.15, -0.1) is 0 Å². The minimum absolute atomic E-state index is 0.0219. The number of hydrogen-bond donors (Lipinski definition) is 1. The highest BCUT2D eigenvalue weighted by molar-refractivity contribution is 6.76. The van der Waals surface area contributed by atoms with E-state index in [2.05, 4.69) is 55.2 Å². The molecule has 2 saturated heterocycles. The Bertz CT molecular complexity index is 1680. The summed E-state index contributed by atoms with van der Waals surface area (Å²) in [5.74, 6) is 0.258. The molecule has 0 aromatic carbocycles. The molecule has 288 valence electrons. The number of aliphatic hydroxyl groups is 1. The van der Waals surface area contributed by atoms with Crippen molar-refractivity contribution in [3.63, 3.8) is 0 Å². The van der Waals surface area contributed by atoms with Gasteiger partial charge in [0, 0.05) is 76.4 Å². The van der Waals surface area contributed by atoms with Gasteiger partial charge in [-0.3, -0.25) is 4.98 Å². The first-order chi connectivity index (χ1) is 24.1. The molecule has 3 aromatic heterocycles. The van der Waals surface area contributed by atoms with E-state index in [0.29, 0.717) is 43.4 Å². The molecule has 52 heavy (non-hydrogen) atoms. The Balaban J connectivity index is 1.55. The van der Waals surface area contributed by atoms with Crippen LogP contribution in [0.5, 0.6) is 0 Å². The first-order valence-electron chi connectivity index (χ1n) is 18.8. The van der Waals surface area contributed by atoms with Gasteiger partial charge in [0.15, 0.2) is 5.65 Å². The molecule has 2 aliphatic rings. The fourth-order valence-electron chi connectivity index (χ4n) is 6.95. The molecule has 1 N–H and O–H groups in total. The summed E-state index contributed by atoms with van der Waals surface area (Å²) in [4.78, 5) is 26.9. The molecular weight excluding hydrogens is 696 g/mol. The lowest BCUT2D eigenvalue weighted by molar-refractivity contribution is 0.00567. The molecule has 0 saturated carbocycles. The van der Waals surface area contributed by atoms with Crippen LogP contribution in [0.15, 0.2) is 24.5 Å². The Kier molecular flexibility index (Phi) is 12.0. The number of halogens is 1. The van der Waals surface area contributed by atoms with Gasteiger partial charge in [-0.1, -0.05) is 39.3 Å². The average molecular weight is 757 g/mol. The van der Waals surface area contributed by atoms with Crippen LogP contribution in [0.25, 0.3) is 16.8 Å². The van der Waals surface area contributed by atoms with E-state index in [9.17, 15) is 9.90 Å². The van der Waals surface area contributed by atoms with Crippen LogP contribution in [0.4, 0.5) is 15.0 Å². The number of fused-ring (bicyclic) bond motifs is 3. The molecule has 1 amide bonds. The molecule has 3 aromatic rings. The fourth-order valence-corrected chi connectivity index (χ4v) is 8.46. The zero-order valence-corrected chi connectivity index (χ0v) is 35.3. The number of hydrogen-bond acceptors (Lipinski definition) is 9. The molecular formula is C38H61FN6O5Si2. The van der Waals surface area contributed by atoms with Gasteiger partial charge in [-0.25, -0.2) is 14.2 Å². The van der Waals surface area contributed by atoms with Crippen molar-refractivity contribution in [3.05, 3.63) is 41.7 Å². The van der Waals surface area contributed by atoms with Crippen LogP contribution in [-0.2, 0) is 19.8 Å². The predicted molar refractivity (Wildman–Crippen MR) is 209 cm³/mol. The van der Waals surface area contributed by atoms with Gasteiger partial charge >= 0.3 is 6.09 Å².